The van der Waals surface area contributed by atoms with Crippen molar-refractivity contribution in [1.82, 2.24) is 15.5 Å². The van der Waals surface area contributed by atoms with Gasteiger partial charge >= 0.3 is 6.61 Å². The van der Waals surface area contributed by atoms with Crippen LogP contribution >= 0.6 is 0 Å². The fraction of sp³-hybridized carbons (Fsp3) is 0.650. The quantitative estimate of drug-likeness (QED) is 0.506. The third-order valence-corrected chi connectivity index (χ3v) is 5.44. The predicted octanol–water partition coefficient (Wildman–Crippen LogP) is 2.80. The first-order valence-electron chi connectivity index (χ1n) is 10.1. The summed E-state index contributed by atoms with van der Waals surface area (Å²) >= 11 is 0. The molecule has 1 fully saturated rings. The second-order valence-corrected chi connectivity index (χ2v) is 7.21. The fourth-order valence-corrected chi connectivity index (χ4v) is 3.69. The molecule has 29 heavy (non-hydrogen) atoms. The third-order valence-electron chi connectivity index (χ3n) is 5.44. The number of hydrogen-bond donors (Lipinski definition) is 2. The van der Waals surface area contributed by atoms with Crippen molar-refractivity contribution in [2.45, 2.75) is 39.3 Å². The summed E-state index contributed by atoms with van der Waals surface area (Å²) < 4.78 is 40.7. The lowest BCUT2D eigenvalue weighted by Crippen LogP contribution is -2.39. The first kappa shape index (κ1) is 21.4. The summed E-state index contributed by atoms with van der Waals surface area (Å²) in [5, 5.41) is 6.46. The number of piperidine rings is 1. The Morgan fingerprint density at radius 1 is 1.24 bits per heavy atom. The summed E-state index contributed by atoms with van der Waals surface area (Å²) in [6.45, 7) is 3.92. The Morgan fingerprint density at radius 2 is 1.97 bits per heavy atom. The summed E-state index contributed by atoms with van der Waals surface area (Å²) in [7, 11) is 1.69. The van der Waals surface area contributed by atoms with E-state index in [-0.39, 0.29) is 19.1 Å². The molecule has 0 atom stereocenters. The van der Waals surface area contributed by atoms with E-state index >= 15 is 0 Å². The van der Waals surface area contributed by atoms with Crippen molar-refractivity contribution in [2.75, 3.05) is 40.0 Å². The maximum Gasteiger partial charge on any atom is 0.387 e. The van der Waals surface area contributed by atoms with Gasteiger partial charge in [0.1, 0.15) is 5.75 Å². The van der Waals surface area contributed by atoms with E-state index in [0.717, 1.165) is 25.4 Å². The summed E-state index contributed by atoms with van der Waals surface area (Å²) in [4.78, 5) is 6.70. The van der Waals surface area contributed by atoms with Crippen LogP contribution in [0.5, 0.6) is 17.2 Å². The van der Waals surface area contributed by atoms with Crippen molar-refractivity contribution in [3.8, 4) is 17.2 Å². The molecule has 162 valence electrons. The molecule has 2 N–H and O–H groups in total. The van der Waals surface area contributed by atoms with Gasteiger partial charge in [0.15, 0.2) is 17.5 Å². The molecule has 2 aliphatic heterocycles. The van der Waals surface area contributed by atoms with Crippen molar-refractivity contribution in [3.05, 3.63) is 17.7 Å². The molecule has 0 spiro atoms. The molecule has 0 aliphatic carbocycles. The van der Waals surface area contributed by atoms with Crippen molar-refractivity contribution < 1.29 is 23.0 Å². The van der Waals surface area contributed by atoms with Gasteiger partial charge in [0.25, 0.3) is 0 Å². The Hall–Kier alpha value is -2.29. The predicted molar refractivity (Wildman–Crippen MR) is 107 cm³/mol. The van der Waals surface area contributed by atoms with Crippen LogP contribution in [0.15, 0.2) is 17.1 Å². The van der Waals surface area contributed by atoms with E-state index in [1.165, 1.54) is 32.0 Å². The van der Waals surface area contributed by atoms with E-state index < -0.39 is 6.61 Å². The number of alkyl halides is 2. The van der Waals surface area contributed by atoms with E-state index in [1.54, 1.807) is 13.1 Å². The Labute approximate surface area is 170 Å². The van der Waals surface area contributed by atoms with Crippen molar-refractivity contribution in [1.29, 1.82) is 0 Å². The highest BCUT2D eigenvalue weighted by Gasteiger charge is 2.20. The molecule has 0 unspecified atom stereocenters. The molecular weight excluding hydrogens is 382 g/mol. The lowest BCUT2D eigenvalue weighted by Gasteiger charge is -2.31. The lowest BCUT2D eigenvalue weighted by atomic mass is 9.93. The van der Waals surface area contributed by atoms with Gasteiger partial charge in [-0.3, -0.25) is 4.99 Å². The van der Waals surface area contributed by atoms with Gasteiger partial charge < -0.3 is 29.7 Å². The largest absolute Gasteiger partial charge is 0.454 e. The highest BCUT2D eigenvalue weighted by molar-refractivity contribution is 5.79. The van der Waals surface area contributed by atoms with Crippen LogP contribution in [0, 0.1) is 5.92 Å². The molecule has 0 saturated carbocycles. The van der Waals surface area contributed by atoms with E-state index in [9.17, 15) is 8.78 Å². The van der Waals surface area contributed by atoms with E-state index in [2.05, 4.69) is 32.2 Å². The molecule has 3 rings (SSSR count). The van der Waals surface area contributed by atoms with Crippen LogP contribution in [-0.4, -0.2) is 57.5 Å². The second kappa shape index (κ2) is 10.5. The minimum atomic E-state index is -2.91. The molecule has 0 aromatic heterocycles. The van der Waals surface area contributed by atoms with Crippen LogP contribution in [0.2, 0.25) is 0 Å². The Bertz CT molecular complexity index is 695. The van der Waals surface area contributed by atoms with E-state index in [4.69, 9.17) is 9.47 Å². The number of hydrogen-bond acceptors (Lipinski definition) is 5. The minimum absolute atomic E-state index is 0.0647. The van der Waals surface area contributed by atoms with Gasteiger partial charge in [0.05, 0.1) is 0 Å². The number of halogens is 2. The van der Waals surface area contributed by atoms with Gasteiger partial charge in [-0.25, -0.2) is 0 Å². The summed E-state index contributed by atoms with van der Waals surface area (Å²) in [6.07, 6.45) is 3.54. The normalized spacial score (nSPS) is 17.6. The smallest absolute Gasteiger partial charge is 0.387 e. The second-order valence-electron chi connectivity index (χ2n) is 7.21. The topological polar surface area (TPSA) is 67.4 Å². The molecule has 2 aliphatic rings. The van der Waals surface area contributed by atoms with Crippen molar-refractivity contribution in [3.63, 3.8) is 0 Å². The monoisotopic (exact) mass is 412 g/mol. The van der Waals surface area contributed by atoms with E-state index in [1.807, 2.05) is 0 Å². The molecular formula is C20H30F2N4O3. The number of guanidine groups is 1. The molecule has 9 heteroatoms. The fourth-order valence-electron chi connectivity index (χ4n) is 3.69. The average Bonchev–Trinajstić information content (AvgIpc) is 3.17. The molecule has 2 heterocycles. The van der Waals surface area contributed by atoms with Crippen molar-refractivity contribution in [2.24, 2.45) is 10.9 Å². The zero-order chi connectivity index (χ0) is 20.6. The van der Waals surface area contributed by atoms with Crippen molar-refractivity contribution >= 4 is 5.96 Å². The number of likely N-dealkylation sites (tertiary alicyclic amines) is 1. The maximum atomic E-state index is 12.8. The van der Waals surface area contributed by atoms with Crippen LogP contribution in [0.4, 0.5) is 8.78 Å². The van der Waals surface area contributed by atoms with Gasteiger partial charge in [-0.1, -0.05) is 6.92 Å². The van der Waals surface area contributed by atoms with Crippen LogP contribution in [0.1, 0.15) is 31.7 Å². The zero-order valence-corrected chi connectivity index (χ0v) is 17.0. The highest BCUT2D eigenvalue weighted by Crippen LogP contribution is 2.38. The summed E-state index contributed by atoms with van der Waals surface area (Å²) in [6, 6.07) is 3.09. The van der Waals surface area contributed by atoms with E-state index in [0.29, 0.717) is 23.0 Å². The van der Waals surface area contributed by atoms with Gasteiger partial charge in [-0.2, -0.15) is 8.78 Å². The Morgan fingerprint density at radius 3 is 2.62 bits per heavy atom. The first-order chi connectivity index (χ1) is 14.1. The molecule has 1 aromatic carbocycles. The molecule has 7 nitrogen and oxygen atoms in total. The summed E-state index contributed by atoms with van der Waals surface area (Å²) in [5.41, 5.74) is 0.546. The Balaban J connectivity index is 1.49. The SMILES string of the molecule is CCN1CCC(CCNC(=NC)NCc2cc3c(cc2OC(F)F)OCO3)CC1. The first-order valence-corrected chi connectivity index (χ1v) is 10.1. The highest BCUT2D eigenvalue weighted by atomic mass is 19.3. The standard InChI is InChI=1S/C20H30F2N4O3/c1-3-26-8-5-14(6-9-26)4-7-24-20(23-2)25-12-15-10-17-18(28-13-27-17)11-16(15)29-19(21)22/h10-11,14,19H,3-9,12-13H2,1-2H3,(H2,23,24,25). The van der Waals surface area contributed by atoms with Gasteiger partial charge in [0.2, 0.25) is 6.79 Å². The minimum Gasteiger partial charge on any atom is -0.454 e. The molecule has 0 radical (unpaired) electrons. The van der Waals surface area contributed by atoms with Gasteiger partial charge in [0, 0.05) is 31.8 Å². The number of benzene rings is 1. The average molecular weight is 412 g/mol. The number of aliphatic imine (C=N–C) groups is 1. The van der Waals surface area contributed by atoms with Gasteiger partial charge in [-0.05, 0) is 50.9 Å². The molecule has 0 amide bonds. The van der Waals surface area contributed by atoms with Crippen LogP contribution < -0.4 is 24.8 Å². The number of fused-ring (bicyclic) bond motifs is 1. The number of nitrogens with zero attached hydrogens (tertiary/aromatic N) is 2. The number of rotatable bonds is 8. The van der Waals surface area contributed by atoms with Gasteiger partial charge in [-0.15, -0.1) is 0 Å². The lowest BCUT2D eigenvalue weighted by molar-refractivity contribution is -0.0505. The molecule has 0 bridgehead atoms. The molecule has 1 saturated heterocycles. The summed E-state index contributed by atoms with van der Waals surface area (Å²) in [5.74, 6) is 2.33. The number of ether oxygens (including phenoxy) is 3. The van der Waals surface area contributed by atoms with Crippen LogP contribution in [0.25, 0.3) is 0 Å². The number of nitrogens with one attached hydrogen (secondary N) is 2. The maximum absolute atomic E-state index is 12.8. The zero-order valence-electron chi connectivity index (χ0n) is 17.0. The Kier molecular flexibility index (Phi) is 7.74. The van der Waals surface area contributed by atoms with Crippen LogP contribution in [-0.2, 0) is 6.54 Å². The molecule has 1 aromatic rings. The van der Waals surface area contributed by atoms with Crippen LogP contribution in [0.3, 0.4) is 0 Å². The third kappa shape index (κ3) is 6.09.